The van der Waals surface area contributed by atoms with E-state index >= 15 is 0 Å². The maximum absolute atomic E-state index is 13.3. The number of aromatic nitrogens is 1. The zero-order chi connectivity index (χ0) is 20.7. The Morgan fingerprint density at radius 1 is 1.10 bits per heavy atom. The normalized spacial score (nSPS) is 23.3. The van der Waals surface area contributed by atoms with E-state index in [1.807, 2.05) is 24.3 Å². The SMILES string of the molecule is O=C(C1CCCN1S(=O)(=O)c1cccs1)N1CCCC(c2nc3ccccc3o2)C1. The molecule has 2 aromatic heterocycles. The summed E-state index contributed by atoms with van der Waals surface area (Å²) in [6.07, 6.45) is 3.01. The number of benzene rings is 1. The lowest BCUT2D eigenvalue weighted by atomic mass is 9.97. The molecule has 1 amide bonds. The van der Waals surface area contributed by atoms with Crippen LogP contribution >= 0.6 is 11.3 Å². The van der Waals surface area contributed by atoms with E-state index < -0.39 is 16.1 Å². The van der Waals surface area contributed by atoms with Gasteiger partial charge in [-0.1, -0.05) is 18.2 Å². The van der Waals surface area contributed by atoms with Gasteiger partial charge in [-0.2, -0.15) is 4.31 Å². The second-order valence-corrected chi connectivity index (χ2v) is 10.9. The lowest BCUT2D eigenvalue weighted by molar-refractivity contribution is -0.135. The Hall–Kier alpha value is -2.23. The van der Waals surface area contributed by atoms with Crippen LogP contribution in [0.1, 0.15) is 37.5 Å². The summed E-state index contributed by atoms with van der Waals surface area (Å²) < 4.78 is 33.7. The molecule has 0 aliphatic carbocycles. The Balaban J connectivity index is 1.35. The summed E-state index contributed by atoms with van der Waals surface area (Å²) in [4.78, 5) is 19.8. The first-order chi connectivity index (χ1) is 14.5. The second-order valence-electron chi connectivity index (χ2n) is 7.85. The number of rotatable bonds is 4. The highest BCUT2D eigenvalue weighted by molar-refractivity contribution is 7.91. The highest BCUT2D eigenvalue weighted by atomic mass is 32.2. The number of piperidine rings is 1. The molecular weight excluding hydrogens is 422 g/mol. The van der Waals surface area contributed by atoms with Crippen LogP contribution in [0.15, 0.2) is 50.4 Å². The van der Waals surface area contributed by atoms with E-state index in [1.165, 1.54) is 15.6 Å². The smallest absolute Gasteiger partial charge is 0.253 e. The predicted molar refractivity (Wildman–Crippen MR) is 114 cm³/mol. The molecule has 2 saturated heterocycles. The number of hydrogen-bond donors (Lipinski definition) is 0. The number of likely N-dealkylation sites (tertiary alicyclic amines) is 1. The summed E-state index contributed by atoms with van der Waals surface area (Å²) >= 11 is 1.19. The van der Waals surface area contributed by atoms with Crippen molar-refractivity contribution in [1.29, 1.82) is 0 Å². The molecule has 2 unspecified atom stereocenters. The standard InChI is InChI=1S/C21H23N3O4S2/c25-21(17-8-4-12-24(17)30(26,27)19-10-5-13-29-19)23-11-3-6-15(14-23)20-22-16-7-1-2-9-18(16)28-20/h1-2,5,7,9-10,13,15,17H,3-4,6,8,11-12,14H2. The van der Waals surface area contributed by atoms with E-state index in [-0.39, 0.29) is 11.8 Å². The van der Waals surface area contributed by atoms with E-state index in [9.17, 15) is 13.2 Å². The molecule has 158 valence electrons. The maximum atomic E-state index is 13.3. The van der Waals surface area contributed by atoms with Crippen molar-refractivity contribution >= 4 is 38.4 Å². The molecule has 0 spiro atoms. The van der Waals surface area contributed by atoms with Gasteiger partial charge in [-0.25, -0.2) is 13.4 Å². The van der Waals surface area contributed by atoms with Crippen LogP contribution in [0.2, 0.25) is 0 Å². The summed E-state index contributed by atoms with van der Waals surface area (Å²) in [5, 5.41) is 1.75. The fourth-order valence-electron chi connectivity index (χ4n) is 4.45. The van der Waals surface area contributed by atoms with E-state index in [2.05, 4.69) is 4.98 Å². The number of hydrogen-bond acceptors (Lipinski definition) is 6. The summed E-state index contributed by atoms with van der Waals surface area (Å²) in [5.74, 6) is 0.579. The quantitative estimate of drug-likeness (QED) is 0.614. The van der Waals surface area contributed by atoms with Crippen molar-refractivity contribution in [2.24, 2.45) is 0 Å². The van der Waals surface area contributed by atoms with Crippen molar-refractivity contribution in [2.75, 3.05) is 19.6 Å². The van der Waals surface area contributed by atoms with Crippen LogP contribution in [-0.2, 0) is 14.8 Å². The molecule has 2 atom stereocenters. The van der Waals surface area contributed by atoms with Crippen LogP contribution in [-0.4, -0.2) is 54.2 Å². The van der Waals surface area contributed by atoms with E-state index in [0.717, 1.165) is 23.9 Å². The van der Waals surface area contributed by atoms with Gasteiger partial charge in [-0.05, 0) is 49.3 Å². The molecule has 4 heterocycles. The van der Waals surface area contributed by atoms with Gasteiger partial charge in [0.15, 0.2) is 11.5 Å². The first-order valence-corrected chi connectivity index (χ1v) is 12.6. The fourth-order valence-corrected chi connectivity index (χ4v) is 7.23. The Labute approximate surface area is 179 Å². The van der Waals surface area contributed by atoms with Gasteiger partial charge in [0.2, 0.25) is 5.91 Å². The van der Waals surface area contributed by atoms with Gasteiger partial charge >= 0.3 is 0 Å². The molecule has 5 rings (SSSR count). The second kappa shape index (κ2) is 7.79. The molecule has 0 saturated carbocycles. The first-order valence-electron chi connectivity index (χ1n) is 10.2. The minimum atomic E-state index is -3.64. The number of carbonyl (C=O) groups is 1. The monoisotopic (exact) mass is 445 g/mol. The summed E-state index contributed by atoms with van der Waals surface area (Å²) in [7, 11) is -3.64. The van der Waals surface area contributed by atoms with Crippen LogP contribution < -0.4 is 0 Å². The third-order valence-corrected chi connectivity index (χ3v) is 9.22. The van der Waals surface area contributed by atoms with Gasteiger partial charge in [0.25, 0.3) is 10.0 Å². The predicted octanol–water partition coefficient (Wildman–Crippen LogP) is 3.45. The minimum Gasteiger partial charge on any atom is -0.440 e. The molecule has 0 radical (unpaired) electrons. The van der Waals surface area contributed by atoms with Crippen molar-refractivity contribution in [3.63, 3.8) is 0 Å². The highest BCUT2D eigenvalue weighted by Gasteiger charge is 2.42. The number of nitrogens with zero attached hydrogens (tertiary/aromatic N) is 3. The average Bonchev–Trinajstić information content (AvgIpc) is 3.53. The third-order valence-electron chi connectivity index (χ3n) is 5.94. The molecule has 2 aliphatic rings. The molecule has 0 N–H and O–H groups in total. The van der Waals surface area contributed by atoms with Gasteiger partial charge in [0.1, 0.15) is 15.8 Å². The maximum Gasteiger partial charge on any atom is 0.253 e. The van der Waals surface area contributed by atoms with Gasteiger partial charge in [-0.15, -0.1) is 11.3 Å². The Bertz CT molecular complexity index is 1120. The average molecular weight is 446 g/mol. The topological polar surface area (TPSA) is 83.7 Å². The number of fused-ring (bicyclic) bond motifs is 1. The summed E-state index contributed by atoms with van der Waals surface area (Å²) in [6, 6.07) is 10.3. The molecule has 0 bridgehead atoms. The number of oxazole rings is 1. The highest BCUT2D eigenvalue weighted by Crippen LogP contribution is 2.33. The summed E-state index contributed by atoms with van der Waals surface area (Å²) in [5.41, 5.74) is 1.57. The van der Waals surface area contributed by atoms with Crippen molar-refractivity contribution in [3.8, 4) is 0 Å². The van der Waals surface area contributed by atoms with Crippen molar-refractivity contribution in [2.45, 2.75) is 41.9 Å². The molecule has 9 heteroatoms. The zero-order valence-electron chi connectivity index (χ0n) is 16.4. The van der Waals surface area contributed by atoms with Crippen LogP contribution in [0.25, 0.3) is 11.1 Å². The van der Waals surface area contributed by atoms with Gasteiger partial charge in [0.05, 0.1) is 5.92 Å². The molecule has 2 aliphatic heterocycles. The number of thiophene rings is 1. The van der Waals surface area contributed by atoms with E-state index in [1.54, 1.807) is 22.4 Å². The largest absolute Gasteiger partial charge is 0.440 e. The van der Waals surface area contributed by atoms with Crippen molar-refractivity contribution in [1.82, 2.24) is 14.2 Å². The van der Waals surface area contributed by atoms with Gasteiger partial charge in [0, 0.05) is 19.6 Å². The number of carbonyl (C=O) groups excluding carboxylic acids is 1. The van der Waals surface area contributed by atoms with Crippen molar-refractivity contribution < 1.29 is 17.6 Å². The van der Waals surface area contributed by atoms with E-state index in [0.29, 0.717) is 42.6 Å². The number of amides is 1. The lowest BCUT2D eigenvalue weighted by Gasteiger charge is -2.34. The third kappa shape index (κ3) is 3.44. The van der Waals surface area contributed by atoms with Crippen LogP contribution in [0, 0.1) is 0 Å². The number of para-hydroxylation sites is 2. The minimum absolute atomic E-state index is 0.0267. The van der Waals surface area contributed by atoms with Crippen LogP contribution in [0.4, 0.5) is 0 Å². The van der Waals surface area contributed by atoms with Crippen molar-refractivity contribution in [3.05, 3.63) is 47.7 Å². The molecule has 3 aromatic rings. The fraction of sp³-hybridized carbons (Fsp3) is 0.429. The van der Waals surface area contributed by atoms with Gasteiger partial charge in [-0.3, -0.25) is 4.79 Å². The molecule has 30 heavy (non-hydrogen) atoms. The summed E-state index contributed by atoms with van der Waals surface area (Å²) in [6.45, 7) is 1.53. The Morgan fingerprint density at radius 2 is 1.93 bits per heavy atom. The Kier molecular flexibility index (Phi) is 5.12. The molecule has 7 nitrogen and oxygen atoms in total. The van der Waals surface area contributed by atoms with Crippen LogP contribution in [0.3, 0.4) is 0 Å². The molecule has 1 aromatic carbocycles. The number of sulfonamides is 1. The van der Waals surface area contributed by atoms with E-state index in [4.69, 9.17) is 4.42 Å². The first kappa shape index (κ1) is 19.7. The molecule has 2 fully saturated rings. The Morgan fingerprint density at radius 3 is 2.73 bits per heavy atom. The molecular formula is C21H23N3O4S2. The lowest BCUT2D eigenvalue weighted by Crippen LogP contribution is -2.50. The van der Waals surface area contributed by atoms with Crippen LogP contribution in [0.5, 0.6) is 0 Å². The zero-order valence-corrected chi connectivity index (χ0v) is 18.1. The van der Waals surface area contributed by atoms with Gasteiger partial charge < -0.3 is 9.32 Å².